The zero-order valence-electron chi connectivity index (χ0n) is 15.7. The Morgan fingerprint density at radius 1 is 0.800 bits per heavy atom. The van der Waals surface area contributed by atoms with Crippen molar-refractivity contribution in [2.45, 2.75) is 20.6 Å². The van der Waals surface area contributed by atoms with E-state index < -0.39 is 10.8 Å². The van der Waals surface area contributed by atoms with Crippen LogP contribution in [0.1, 0.15) is 5.69 Å². The van der Waals surface area contributed by atoms with Crippen LogP contribution in [0.5, 0.6) is 0 Å². The molecule has 0 bridgehead atoms. The number of hydrogen-bond acceptors (Lipinski definition) is 4. The largest absolute Gasteiger partial charge is 0.254 e. The summed E-state index contributed by atoms with van der Waals surface area (Å²) in [4.78, 5) is 11.1. The van der Waals surface area contributed by atoms with E-state index in [0.29, 0.717) is 26.5 Å². The molecular weight excluding hydrogens is 455 g/mol. The Morgan fingerprint density at radius 2 is 1.43 bits per heavy atom. The molecule has 0 N–H and O–H groups in total. The summed E-state index contributed by atoms with van der Waals surface area (Å²) < 4.78 is 12.9. The Balaban J connectivity index is 1.67. The molecule has 1 aromatic heterocycles. The van der Waals surface area contributed by atoms with Crippen molar-refractivity contribution in [2.75, 3.05) is 0 Å². The van der Waals surface area contributed by atoms with Gasteiger partial charge >= 0.3 is 0 Å². The van der Waals surface area contributed by atoms with Crippen LogP contribution in [0, 0.1) is 0 Å². The number of aromatic nitrogens is 2. The van der Waals surface area contributed by atoms with Crippen molar-refractivity contribution in [3.8, 4) is 11.4 Å². The van der Waals surface area contributed by atoms with Crippen LogP contribution in [0.3, 0.4) is 0 Å². The van der Waals surface area contributed by atoms with Gasteiger partial charge in [0.2, 0.25) is 0 Å². The van der Waals surface area contributed by atoms with Gasteiger partial charge in [-0.3, -0.25) is 4.21 Å². The minimum Gasteiger partial charge on any atom is -0.254 e. The molecule has 7 heteroatoms. The topological polar surface area (TPSA) is 42.9 Å². The van der Waals surface area contributed by atoms with E-state index in [4.69, 9.17) is 28.2 Å². The molecule has 3 aromatic carbocycles. The molecule has 4 aromatic rings. The SMILES string of the molecule is O=[S@](Cc1cc(Sc2ccc(Cl)cc2)nc(-c2ccccc2)n1)c1ccc(Cl)cc1. The molecule has 0 aliphatic rings. The lowest BCUT2D eigenvalue weighted by atomic mass is 10.2. The second-order valence-electron chi connectivity index (χ2n) is 6.39. The monoisotopic (exact) mass is 470 g/mol. The quantitative estimate of drug-likeness (QED) is 0.287. The highest BCUT2D eigenvalue weighted by Crippen LogP contribution is 2.30. The molecule has 30 heavy (non-hydrogen) atoms. The molecule has 0 aliphatic carbocycles. The van der Waals surface area contributed by atoms with Crippen molar-refractivity contribution in [1.82, 2.24) is 9.97 Å². The Hall–Kier alpha value is -2.18. The van der Waals surface area contributed by atoms with Crippen LogP contribution in [-0.2, 0) is 16.6 Å². The van der Waals surface area contributed by atoms with Crippen molar-refractivity contribution >= 4 is 45.8 Å². The Labute approximate surface area is 192 Å². The summed E-state index contributed by atoms with van der Waals surface area (Å²) in [6.45, 7) is 0. The summed E-state index contributed by atoms with van der Waals surface area (Å²) in [5.41, 5.74) is 1.63. The van der Waals surface area contributed by atoms with Crippen molar-refractivity contribution < 1.29 is 4.21 Å². The summed E-state index contributed by atoms with van der Waals surface area (Å²) in [5, 5.41) is 2.09. The molecule has 150 valence electrons. The van der Waals surface area contributed by atoms with Gasteiger partial charge in [-0.2, -0.15) is 0 Å². The molecule has 0 saturated carbocycles. The van der Waals surface area contributed by atoms with Crippen molar-refractivity contribution in [3.63, 3.8) is 0 Å². The van der Waals surface area contributed by atoms with Gasteiger partial charge in [0.15, 0.2) is 5.82 Å². The minimum atomic E-state index is -1.24. The van der Waals surface area contributed by atoms with Crippen LogP contribution < -0.4 is 0 Å². The first-order valence-electron chi connectivity index (χ1n) is 9.07. The molecule has 3 nitrogen and oxygen atoms in total. The lowest BCUT2D eigenvalue weighted by Crippen LogP contribution is -2.02. The fraction of sp³-hybridized carbons (Fsp3) is 0.0435. The van der Waals surface area contributed by atoms with Gasteiger partial charge < -0.3 is 0 Å². The maximum Gasteiger partial charge on any atom is 0.160 e. The first kappa shape index (κ1) is 21.1. The number of halogens is 2. The van der Waals surface area contributed by atoms with Crippen molar-refractivity contribution in [1.29, 1.82) is 0 Å². The highest BCUT2D eigenvalue weighted by molar-refractivity contribution is 7.99. The smallest absolute Gasteiger partial charge is 0.160 e. The van der Waals surface area contributed by atoms with Crippen LogP contribution in [0.25, 0.3) is 11.4 Å². The van der Waals surface area contributed by atoms with E-state index in [9.17, 15) is 4.21 Å². The van der Waals surface area contributed by atoms with Gasteiger partial charge in [-0.25, -0.2) is 9.97 Å². The van der Waals surface area contributed by atoms with E-state index in [1.165, 1.54) is 11.8 Å². The average Bonchev–Trinajstić information content (AvgIpc) is 2.76. The van der Waals surface area contributed by atoms with E-state index in [1.54, 1.807) is 24.3 Å². The molecule has 0 saturated heterocycles. The first-order chi connectivity index (χ1) is 14.6. The molecular formula is C23H16Cl2N2OS2. The summed E-state index contributed by atoms with van der Waals surface area (Å²) in [5.74, 6) is 0.899. The third-order valence-corrected chi connectivity index (χ3v) is 6.97. The second kappa shape index (κ2) is 9.75. The van der Waals surface area contributed by atoms with E-state index in [-0.39, 0.29) is 5.75 Å². The molecule has 4 rings (SSSR count). The minimum absolute atomic E-state index is 0.290. The molecule has 1 heterocycles. The summed E-state index contributed by atoms with van der Waals surface area (Å²) in [7, 11) is -1.24. The maximum atomic E-state index is 12.9. The maximum absolute atomic E-state index is 12.9. The van der Waals surface area contributed by atoms with Gasteiger partial charge in [-0.1, -0.05) is 65.3 Å². The Kier molecular flexibility index (Phi) is 6.85. The number of benzene rings is 3. The molecule has 0 amide bonds. The van der Waals surface area contributed by atoms with Crippen LogP contribution >= 0.6 is 35.0 Å². The summed E-state index contributed by atoms with van der Waals surface area (Å²) in [6.07, 6.45) is 0. The van der Waals surface area contributed by atoms with Crippen LogP contribution in [0.4, 0.5) is 0 Å². The number of hydrogen-bond donors (Lipinski definition) is 0. The lowest BCUT2D eigenvalue weighted by molar-refractivity contribution is 0.682. The van der Waals surface area contributed by atoms with Crippen molar-refractivity contribution in [3.05, 3.63) is 101 Å². The third-order valence-electron chi connectivity index (χ3n) is 4.18. The fourth-order valence-electron chi connectivity index (χ4n) is 2.74. The summed E-state index contributed by atoms with van der Waals surface area (Å²) in [6, 6.07) is 26.3. The van der Waals surface area contributed by atoms with Gasteiger partial charge in [-0.15, -0.1) is 0 Å². The molecule has 0 fully saturated rings. The highest BCUT2D eigenvalue weighted by Gasteiger charge is 2.12. The predicted octanol–water partition coefficient (Wildman–Crippen LogP) is 6.91. The molecule has 0 spiro atoms. The fourth-order valence-corrected chi connectivity index (χ4v) is 4.86. The highest BCUT2D eigenvalue weighted by atomic mass is 35.5. The average molecular weight is 471 g/mol. The van der Waals surface area contributed by atoms with Gasteiger partial charge in [0, 0.05) is 25.4 Å². The van der Waals surface area contributed by atoms with E-state index >= 15 is 0 Å². The zero-order valence-corrected chi connectivity index (χ0v) is 18.8. The molecule has 1 atom stereocenters. The van der Waals surface area contributed by atoms with E-state index in [0.717, 1.165) is 15.5 Å². The van der Waals surface area contributed by atoms with Crippen LogP contribution in [-0.4, -0.2) is 14.2 Å². The molecule has 0 unspecified atom stereocenters. The predicted molar refractivity (Wildman–Crippen MR) is 125 cm³/mol. The zero-order chi connectivity index (χ0) is 20.9. The third kappa shape index (κ3) is 5.49. The molecule has 0 radical (unpaired) electrons. The van der Waals surface area contributed by atoms with Gasteiger partial charge in [0.05, 0.1) is 22.2 Å². The van der Waals surface area contributed by atoms with Crippen LogP contribution in [0.2, 0.25) is 10.0 Å². The first-order valence-corrected chi connectivity index (χ1v) is 12.0. The van der Waals surface area contributed by atoms with Crippen LogP contribution in [0.15, 0.2) is 99.7 Å². The van der Waals surface area contributed by atoms with Crippen molar-refractivity contribution in [2.24, 2.45) is 0 Å². The van der Waals surface area contributed by atoms with Gasteiger partial charge in [0.25, 0.3) is 0 Å². The molecule has 0 aliphatic heterocycles. The summed E-state index contributed by atoms with van der Waals surface area (Å²) >= 11 is 13.5. The Bertz CT molecular complexity index is 1170. The number of nitrogens with zero attached hydrogens (tertiary/aromatic N) is 2. The standard InChI is InChI=1S/C23H16Cl2N2OS2/c24-17-6-10-20(11-7-17)29-22-14-19(15-30(28)21-12-8-18(25)9-13-21)26-23(27-22)16-4-2-1-3-5-16/h1-14H,15H2/t30-/m1/s1. The Morgan fingerprint density at radius 3 is 2.10 bits per heavy atom. The lowest BCUT2D eigenvalue weighted by Gasteiger charge is -2.09. The van der Waals surface area contributed by atoms with E-state index in [1.807, 2.05) is 60.7 Å². The van der Waals surface area contributed by atoms with E-state index in [2.05, 4.69) is 4.98 Å². The second-order valence-corrected chi connectivity index (χ2v) is 9.80. The van der Waals surface area contributed by atoms with Gasteiger partial charge in [0.1, 0.15) is 5.03 Å². The number of rotatable bonds is 6. The normalized spacial score (nSPS) is 11.9. The van der Waals surface area contributed by atoms with Gasteiger partial charge in [-0.05, 0) is 54.6 Å².